The fourth-order valence-electron chi connectivity index (χ4n) is 4.74. The molecule has 2 saturated heterocycles. The van der Waals surface area contributed by atoms with Gasteiger partial charge in [-0.3, -0.25) is 9.59 Å². The van der Waals surface area contributed by atoms with Crippen molar-refractivity contribution < 1.29 is 14.3 Å². The van der Waals surface area contributed by atoms with Crippen LogP contribution in [0.15, 0.2) is 35.3 Å². The molecular weight excluding hydrogens is 494 g/mol. The number of ketones is 1. The third-order valence-corrected chi connectivity index (χ3v) is 7.20. The highest BCUT2D eigenvalue weighted by Crippen LogP contribution is 2.29. The summed E-state index contributed by atoms with van der Waals surface area (Å²) in [5.41, 5.74) is 1.30. The van der Waals surface area contributed by atoms with E-state index in [1.807, 2.05) is 18.2 Å². The van der Waals surface area contributed by atoms with Crippen LogP contribution in [0.25, 0.3) is 10.9 Å². The van der Waals surface area contributed by atoms with Crippen molar-refractivity contribution in [2.45, 2.75) is 39.7 Å². The standard InChI is InChI=1S/C27H32ClN5O4/c1-3-21(34)16-37-24-10-19-9-20(6-7-23(19)33(26(24)35)13-18-14-36-15-18)30-25-22(28)11-29-27(31-25)32-8-4-5-17(2)12-32/h6-7,9-11,17-18H,3-5,8,12-16H2,1-2H3,(H,29,30,31). The lowest BCUT2D eigenvalue weighted by molar-refractivity contribution is -0.120. The molecule has 0 spiro atoms. The zero-order valence-electron chi connectivity index (χ0n) is 21.2. The molecule has 0 aliphatic carbocycles. The van der Waals surface area contributed by atoms with Crippen molar-refractivity contribution in [3.63, 3.8) is 0 Å². The Balaban J connectivity index is 1.46. The summed E-state index contributed by atoms with van der Waals surface area (Å²) in [7, 11) is 0. The Morgan fingerprint density at radius 3 is 2.86 bits per heavy atom. The second-order valence-corrected chi connectivity index (χ2v) is 10.4. The van der Waals surface area contributed by atoms with Crippen LogP contribution in [0, 0.1) is 11.8 Å². The minimum Gasteiger partial charge on any atom is -0.480 e. The molecule has 9 nitrogen and oxygen atoms in total. The summed E-state index contributed by atoms with van der Waals surface area (Å²) in [6, 6.07) is 7.43. The number of halogens is 1. The van der Waals surface area contributed by atoms with Crippen molar-refractivity contribution in [1.82, 2.24) is 14.5 Å². The zero-order valence-corrected chi connectivity index (χ0v) is 22.0. The summed E-state index contributed by atoms with van der Waals surface area (Å²) in [5.74, 6) is 2.14. The second-order valence-electron chi connectivity index (χ2n) is 9.97. The molecule has 37 heavy (non-hydrogen) atoms. The monoisotopic (exact) mass is 525 g/mol. The van der Waals surface area contributed by atoms with E-state index in [1.54, 1.807) is 23.8 Å². The van der Waals surface area contributed by atoms with Crippen LogP contribution in [0.2, 0.25) is 5.02 Å². The van der Waals surface area contributed by atoms with E-state index in [9.17, 15) is 9.59 Å². The Kier molecular flexibility index (Phi) is 7.62. The van der Waals surface area contributed by atoms with Crippen LogP contribution in [0.4, 0.5) is 17.5 Å². The number of anilines is 3. The average Bonchev–Trinajstić information content (AvgIpc) is 2.87. The van der Waals surface area contributed by atoms with Crippen LogP contribution in [0.5, 0.6) is 5.75 Å². The van der Waals surface area contributed by atoms with Gasteiger partial charge in [-0.2, -0.15) is 4.98 Å². The van der Waals surface area contributed by atoms with Gasteiger partial charge in [-0.1, -0.05) is 25.4 Å². The lowest BCUT2D eigenvalue weighted by Gasteiger charge is -2.31. The Morgan fingerprint density at radius 1 is 1.30 bits per heavy atom. The topological polar surface area (TPSA) is 98.6 Å². The van der Waals surface area contributed by atoms with Gasteiger partial charge in [0.25, 0.3) is 5.56 Å². The highest BCUT2D eigenvalue weighted by atomic mass is 35.5. The number of nitrogens with one attached hydrogen (secondary N) is 1. The van der Waals surface area contributed by atoms with E-state index in [2.05, 4.69) is 22.1 Å². The van der Waals surface area contributed by atoms with Crippen molar-refractivity contribution in [2.24, 2.45) is 11.8 Å². The van der Waals surface area contributed by atoms with Gasteiger partial charge < -0.3 is 24.3 Å². The summed E-state index contributed by atoms with van der Waals surface area (Å²) < 4.78 is 12.7. The second kappa shape index (κ2) is 11.1. The van der Waals surface area contributed by atoms with Gasteiger partial charge in [-0.25, -0.2) is 4.98 Å². The van der Waals surface area contributed by atoms with Gasteiger partial charge in [0.05, 0.1) is 24.9 Å². The largest absolute Gasteiger partial charge is 0.480 e. The molecule has 10 heteroatoms. The van der Waals surface area contributed by atoms with Gasteiger partial charge in [0.1, 0.15) is 11.6 Å². The van der Waals surface area contributed by atoms with E-state index in [0.29, 0.717) is 48.9 Å². The Labute approximate surface area is 220 Å². The van der Waals surface area contributed by atoms with Crippen LogP contribution < -0.4 is 20.5 Å². The number of nitrogens with zero attached hydrogens (tertiary/aromatic N) is 4. The Hall–Kier alpha value is -3.17. The van der Waals surface area contributed by atoms with E-state index < -0.39 is 0 Å². The molecule has 0 saturated carbocycles. The summed E-state index contributed by atoms with van der Waals surface area (Å²) in [4.78, 5) is 36.4. The fraction of sp³-hybridized carbons (Fsp3) is 0.481. The van der Waals surface area contributed by atoms with E-state index in [-0.39, 0.29) is 29.6 Å². The van der Waals surface area contributed by atoms with Gasteiger partial charge >= 0.3 is 0 Å². The lowest BCUT2D eigenvalue weighted by atomic mass is 10.0. The first-order chi connectivity index (χ1) is 17.9. The molecule has 0 amide bonds. The fourth-order valence-corrected chi connectivity index (χ4v) is 4.88. The molecular formula is C27H32ClN5O4. The van der Waals surface area contributed by atoms with Gasteiger partial charge in [0.2, 0.25) is 5.95 Å². The van der Waals surface area contributed by atoms with Crippen molar-refractivity contribution in [2.75, 3.05) is 43.1 Å². The van der Waals surface area contributed by atoms with E-state index >= 15 is 0 Å². The number of carbonyl (C=O) groups excluding carboxylic acids is 1. The number of fused-ring (bicyclic) bond motifs is 1. The lowest BCUT2D eigenvalue weighted by Crippen LogP contribution is -2.35. The van der Waals surface area contributed by atoms with E-state index in [0.717, 1.165) is 36.1 Å². The molecule has 2 aromatic heterocycles. The molecule has 0 radical (unpaired) electrons. The van der Waals surface area contributed by atoms with Crippen LogP contribution in [0.1, 0.15) is 33.1 Å². The third kappa shape index (κ3) is 5.72. The first kappa shape index (κ1) is 25.5. The van der Waals surface area contributed by atoms with Crippen molar-refractivity contribution >= 4 is 45.7 Å². The van der Waals surface area contributed by atoms with Crippen LogP contribution >= 0.6 is 11.6 Å². The predicted molar refractivity (Wildman–Crippen MR) is 144 cm³/mol. The number of rotatable bonds is 9. The SMILES string of the molecule is CCC(=O)COc1cc2cc(Nc3nc(N4CCCC(C)C4)ncc3Cl)ccc2n(CC2COC2)c1=O. The highest BCUT2D eigenvalue weighted by molar-refractivity contribution is 6.32. The van der Waals surface area contributed by atoms with E-state index in [1.165, 1.54) is 6.42 Å². The molecule has 1 N–H and O–H groups in total. The quantitative estimate of drug-likeness (QED) is 0.438. The van der Waals surface area contributed by atoms with Crippen LogP contribution in [0.3, 0.4) is 0 Å². The number of aromatic nitrogens is 3. The smallest absolute Gasteiger partial charge is 0.293 e. The molecule has 3 aromatic rings. The molecule has 2 fully saturated rings. The zero-order chi connectivity index (χ0) is 25.9. The Bertz CT molecular complexity index is 1360. The highest BCUT2D eigenvalue weighted by Gasteiger charge is 2.23. The Morgan fingerprint density at radius 2 is 2.14 bits per heavy atom. The number of pyridine rings is 1. The maximum absolute atomic E-state index is 13.2. The van der Waals surface area contributed by atoms with Gasteiger partial charge in [0, 0.05) is 43.0 Å². The number of ether oxygens (including phenoxy) is 2. The molecule has 1 atom stereocenters. The van der Waals surface area contributed by atoms with Gasteiger partial charge in [-0.15, -0.1) is 0 Å². The average molecular weight is 526 g/mol. The van der Waals surface area contributed by atoms with Crippen molar-refractivity contribution in [3.05, 3.63) is 45.8 Å². The molecule has 5 rings (SSSR count). The maximum atomic E-state index is 13.2. The molecule has 4 heterocycles. The minimum absolute atomic E-state index is 0.0637. The van der Waals surface area contributed by atoms with Crippen LogP contribution in [-0.2, 0) is 16.1 Å². The third-order valence-electron chi connectivity index (χ3n) is 6.93. The van der Waals surface area contributed by atoms with E-state index in [4.69, 9.17) is 26.1 Å². The molecule has 2 aliphatic heterocycles. The summed E-state index contributed by atoms with van der Waals surface area (Å²) in [6.45, 7) is 7.50. The number of benzene rings is 1. The first-order valence-electron chi connectivity index (χ1n) is 12.9. The van der Waals surface area contributed by atoms with Crippen molar-refractivity contribution in [3.8, 4) is 5.75 Å². The number of hydrogen-bond donors (Lipinski definition) is 1. The summed E-state index contributed by atoms with van der Waals surface area (Å²) >= 11 is 6.45. The molecule has 2 aliphatic rings. The van der Waals surface area contributed by atoms with Gasteiger partial charge in [0.15, 0.2) is 17.4 Å². The summed E-state index contributed by atoms with van der Waals surface area (Å²) in [6.07, 6.45) is 4.31. The van der Waals surface area contributed by atoms with Crippen molar-refractivity contribution in [1.29, 1.82) is 0 Å². The number of hydrogen-bond acceptors (Lipinski definition) is 8. The maximum Gasteiger partial charge on any atom is 0.293 e. The number of carbonyl (C=O) groups is 1. The number of Topliss-reactive ketones (excluding diaryl/α,β-unsaturated/α-hetero) is 1. The number of piperidine rings is 1. The molecule has 196 valence electrons. The normalized spacial score (nSPS) is 18.0. The predicted octanol–water partition coefficient (Wildman–Crippen LogP) is 4.43. The molecule has 0 bridgehead atoms. The first-order valence-corrected chi connectivity index (χ1v) is 13.2. The minimum atomic E-state index is -0.247. The van der Waals surface area contributed by atoms with Gasteiger partial charge in [-0.05, 0) is 43.0 Å². The molecule has 1 unspecified atom stereocenters. The molecule has 1 aromatic carbocycles. The summed E-state index contributed by atoms with van der Waals surface area (Å²) in [5, 5.41) is 4.55. The van der Waals surface area contributed by atoms with Crippen LogP contribution in [-0.4, -0.2) is 53.2 Å².